The van der Waals surface area contributed by atoms with E-state index in [4.69, 9.17) is 23.3 Å². The summed E-state index contributed by atoms with van der Waals surface area (Å²) < 4.78 is 29.2. The minimum absolute atomic E-state index is 0.131. The Labute approximate surface area is 437 Å². The summed E-state index contributed by atoms with van der Waals surface area (Å²) >= 11 is 3.36. The van der Waals surface area contributed by atoms with Gasteiger partial charge in [0.1, 0.15) is 0 Å². The maximum Gasteiger partial charge on any atom is 0.298 e. The number of halogens is 1. The molecular formula is C52H69BrN12O6Si2. The van der Waals surface area contributed by atoms with Gasteiger partial charge in [0.2, 0.25) is 0 Å². The van der Waals surface area contributed by atoms with Gasteiger partial charge in [-0.25, -0.2) is 19.3 Å². The van der Waals surface area contributed by atoms with Crippen LogP contribution in [0.25, 0.3) is 29.2 Å². The van der Waals surface area contributed by atoms with Crippen molar-refractivity contribution < 1.29 is 18.3 Å². The lowest BCUT2D eigenvalue weighted by molar-refractivity contribution is -0.127. The maximum atomic E-state index is 13.5. The minimum atomic E-state index is -1.84. The number of aromatic amines is 1. The third-order valence-corrected chi connectivity index (χ3v) is 24.2. The molecule has 73 heavy (non-hydrogen) atoms. The molecule has 388 valence electrons. The first-order chi connectivity index (χ1) is 34.5. The summed E-state index contributed by atoms with van der Waals surface area (Å²) in [5.74, 6) is 0.977. The Bertz CT molecular complexity index is 2960. The van der Waals surface area contributed by atoms with E-state index in [2.05, 4.69) is 119 Å². The van der Waals surface area contributed by atoms with E-state index in [1.807, 2.05) is 83.9 Å². The zero-order chi connectivity index (χ0) is 52.2. The van der Waals surface area contributed by atoms with E-state index in [1.165, 1.54) is 0 Å². The van der Waals surface area contributed by atoms with E-state index in [9.17, 15) is 9.59 Å². The zero-order valence-corrected chi connectivity index (χ0v) is 47.3. The zero-order valence-electron chi connectivity index (χ0n) is 43.7. The molecule has 2 aromatic carbocycles. The van der Waals surface area contributed by atoms with Gasteiger partial charge >= 0.3 is 0 Å². The van der Waals surface area contributed by atoms with Gasteiger partial charge in [-0.1, -0.05) is 80.1 Å². The number of hydrogen-bond acceptors (Lipinski definition) is 14. The molecule has 6 aromatic rings. The molecule has 0 unspecified atom stereocenters. The van der Waals surface area contributed by atoms with Crippen LogP contribution in [-0.2, 0) is 18.3 Å². The number of nitrogens with one attached hydrogen (secondary N) is 1. The fourth-order valence-electron chi connectivity index (χ4n) is 7.99. The molecule has 2 spiro atoms. The molecule has 21 heteroatoms. The molecule has 0 atom stereocenters. The summed E-state index contributed by atoms with van der Waals surface area (Å²) in [4.78, 5) is 41.7. The highest BCUT2D eigenvalue weighted by molar-refractivity contribution is 9.10. The number of nitrogens with zero attached hydrogens (tertiary/aromatic N) is 11. The summed E-state index contributed by atoms with van der Waals surface area (Å²) in [5.41, 5.74) is 4.29. The van der Waals surface area contributed by atoms with Crippen molar-refractivity contribution in [2.75, 3.05) is 75.6 Å². The molecule has 18 nitrogen and oxygen atoms in total. The highest BCUT2D eigenvalue weighted by Crippen LogP contribution is 2.41. The Kier molecular flexibility index (Phi) is 15.9. The van der Waals surface area contributed by atoms with E-state index in [1.54, 1.807) is 44.9 Å². The minimum Gasteiger partial charge on any atom is -0.413 e. The molecule has 0 radical (unpaired) electrons. The van der Waals surface area contributed by atoms with Gasteiger partial charge in [0.25, 0.3) is 11.1 Å². The van der Waals surface area contributed by atoms with E-state index in [0.717, 1.165) is 85.5 Å². The van der Waals surface area contributed by atoms with Gasteiger partial charge in [0.15, 0.2) is 28.3 Å². The topological polar surface area (TPSA) is 185 Å². The summed E-state index contributed by atoms with van der Waals surface area (Å²) in [6, 6.07) is 15.5. The van der Waals surface area contributed by atoms with Crippen molar-refractivity contribution in [1.29, 1.82) is 0 Å². The molecule has 4 fully saturated rings. The number of ether oxygens (including phenoxy) is 2. The molecule has 4 aromatic heterocycles. The van der Waals surface area contributed by atoms with Crippen molar-refractivity contribution >= 4 is 56.4 Å². The van der Waals surface area contributed by atoms with E-state index >= 15 is 0 Å². The largest absolute Gasteiger partial charge is 0.413 e. The average Bonchev–Trinajstić information content (AvgIpc) is 4.03. The van der Waals surface area contributed by atoms with Gasteiger partial charge in [-0.3, -0.25) is 14.2 Å². The lowest BCUT2D eigenvalue weighted by Crippen LogP contribution is -2.67. The third-order valence-electron chi connectivity index (χ3n) is 14.6. The lowest BCUT2D eigenvalue weighted by Gasteiger charge is -2.55. The molecule has 4 aliphatic heterocycles. The molecule has 0 amide bonds. The molecule has 4 saturated heterocycles. The van der Waals surface area contributed by atoms with Crippen molar-refractivity contribution in [3.8, 4) is 17.1 Å². The standard InChI is InChI=1S/C26H34N6O3Si.C18H29N3O3Si.C8H6BrN3/c1-25(2,3)36(4,5)35-14-6-7-20-15-31(21-8-10-22(11-9-21)32-13-12-27-29-32)24(33)23(28-20)30-16-26(17-30)18-34-19-26;1-17(2,3)25(4,5)24-8-6-7-14-9-19-16(22)15(20-14)21-10-18(11-21)12-23-13-18;9-7-1-3-8(4-2-7)12-6-5-10-11-12/h6-13,15H,14,16-19H2,1-5H3;6-7,9H,8,10-13H2,1-5H3,(H,19,22);1-6H/b2*7-6+;. The summed E-state index contributed by atoms with van der Waals surface area (Å²) in [6.07, 6.45) is 18.1. The Hall–Kier alpha value is -5.69. The molecule has 4 aliphatic rings. The van der Waals surface area contributed by atoms with Gasteiger partial charge in [0, 0.05) is 48.7 Å². The summed E-state index contributed by atoms with van der Waals surface area (Å²) in [7, 11) is -3.58. The Morgan fingerprint density at radius 1 is 0.658 bits per heavy atom. The van der Waals surface area contributed by atoms with Crippen molar-refractivity contribution in [3.63, 3.8) is 0 Å². The first-order valence-corrected chi connectivity index (χ1v) is 31.3. The molecule has 0 saturated carbocycles. The molecular weight excluding hydrogens is 1020 g/mol. The van der Waals surface area contributed by atoms with Crippen LogP contribution in [0.1, 0.15) is 52.9 Å². The van der Waals surface area contributed by atoms with Crippen LogP contribution in [0.5, 0.6) is 0 Å². The van der Waals surface area contributed by atoms with Gasteiger partial charge in [-0.15, -0.1) is 10.2 Å². The average molecular weight is 1090 g/mol. The predicted molar refractivity (Wildman–Crippen MR) is 294 cm³/mol. The second-order valence-electron chi connectivity index (χ2n) is 22.5. The quantitative estimate of drug-likeness (QED) is 0.109. The first-order valence-electron chi connectivity index (χ1n) is 24.6. The summed E-state index contributed by atoms with van der Waals surface area (Å²) in [5, 5.41) is 15.8. The van der Waals surface area contributed by atoms with Gasteiger partial charge < -0.3 is 33.1 Å². The monoisotopic (exact) mass is 1090 g/mol. The maximum absolute atomic E-state index is 13.5. The van der Waals surface area contributed by atoms with Crippen molar-refractivity contribution in [3.05, 3.63) is 134 Å². The lowest BCUT2D eigenvalue weighted by atomic mass is 9.78. The van der Waals surface area contributed by atoms with Crippen LogP contribution in [0.2, 0.25) is 36.3 Å². The van der Waals surface area contributed by atoms with Crippen LogP contribution in [-0.4, -0.2) is 132 Å². The Balaban J connectivity index is 0.000000165. The SMILES string of the molecule is Brc1ccc(-n2ccnn2)cc1.CC(C)(C)[Si](C)(C)OC/C=C/c1c[nH]c(=O)c(N2CC3(COC3)C2)n1.CC(C)(C)[Si](C)(C)OC/C=C/c1cn(-c2ccc(-n3ccnn3)cc2)c(=O)c(N2CC3(COC3)C2)n1. The third kappa shape index (κ3) is 12.6. The highest BCUT2D eigenvalue weighted by Gasteiger charge is 2.51. The molecule has 10 rings (SSSR count). The van der Waals surface area contributed by atoms with Crippen molar-refractivity contribution in [1.82, 2.24) is 49.5 Å². The van der Waals surface area contributed by atoms with Gasteiger partial charge in [0.05, 0.1) is 98.0 Å². The predicted octanol–water partition coefficient (Wildman–Crippen LogP) is 8.36. The Morgan fingerprint density at radius 3 is 1.53 bits per heavy atom. The molecule has 1 N–H and O–H groups in total. The number of benzene rings is 2. The van der Waals surface area contributed by atoms with Crippen LogP contribution in [0.3, 0.4) is 0 Å². The van der Waals surface area contributed by atoms with Crippen LogP contribution in [0.15, 0.2) is 112 Å². The van der Waals surface area contributed by atoms with Crippen molar-refractivity contribution in [2.45, 2.75) is 77.8 Å². The summed E-state index contributed by atoms with van der Waals surface area (Å²) in [6.45, 7) is 29.8. The van der Waals surface area contributed by atoms with Crippen LogP contribution >= 0.6 is 15.9 Å². The molecule has 8 heterocycles. The van der Waals surface area contributed by atoms with Crippen molar-refractivity contribution in [2.24, 2.45) is 10.8 Å². The van der Waals surface area contributed by atoms with E-state index < -0.39 is 16.6 Å². The van der Waals surface area contributed by atoms with Crippen LogP contribution in [0, 0.1) is 10.8 Å². The fourth-order valence-corrected chi connectivity index (χ4v) is 10.1. The van der Waals surface area contributed by atoms with Gasteiger partial charge in [-0.05, 0) is 96.9 Å². The van der Waals surface area contributed by atoms with Crippen LogP contribution in [0.4, 0.5) is 11.6 Å². The molecule has 0 bridgehead atoms. The first kappa shape index (κ1) is 53.6. The fraction of sp³-hybridized carbons (Fsp3) is 0.462. The number of hydrogen-bond donors (Lipinski definition) is 1. The number of anilines is 2. The number of aromatic nitrogens is 10. The van der Waals surface area contributed by atoms with Crippen LogP contribution < -0.4 is 20.9 Å². The second-order valence-corrected chi connectivity index (χ2v) is 33.0. The second kappa shape index (κ2) is 21.6. The number of rotatable bonds is 13. The number of H-pyrrole nitrogens is 1. The van der Waals surface area contributed by atoms with Gasteiger partial charge in [-0.2, -0.15) is 0 Å². The normalized spacial score (nSPS) is 17.1. The Morgan fingerprint density at radius 2 is 1.10 bits per heavy atom. The van der Waals surface area contributed by atoms with E-state index in [-0.39, 0.29) is 32.0 Å². The highest BCUT2D eigenvalue weighted by atomic mass is 79.9. The smallest absolute Gasteiger partial charge is 0.298 e. The van der Waals surface area contributed by atoms with E-state index in [0.29, 0.717) is 24.8 Å². The molecule has 0 aliphatic carbocycles.